The van der Waals surface area contributed by atoms with Crippen molar-refractivity contribution in [1.82, 2.24) is 32.6 Å². The fourth-order valence-corrected chi connectivity index (χ4v) is 1.47. The maximum absolute atomic E-state index is 3.39. The summed E-state index contributed by atoms with van der Waals surface area (Å²) in [6.45, 7) is 4.36. The molecule has 2 rings (SSSR count). The molecule has 6 nitrogen and oxygen atoms in total. The highest BCUT2D eigenvalue weighted by atomic mass is 15.8. The van der Waals surface area contributed by atoms with Gasteiger partial charge in [0.05, 0.1) is 6.17 Å². The Hall–Kier alpha value is -0.240. The second kappa shape index (κ2) is 3.65. The normalized spacial score (nSPS) is 38.8. The standard InChI is InChI=1S/C6H16N6/c1-4-2-7-5(8-3-4)6-9-11-12-10-6/h4-12H,2-3H2,1H3. The molecule has 2 heterocycles. The van der Waals surface area contributed by atoms with Crippen molar-refractivity contribution in [3.8, 4) is 0 Å². The topological polar surface area (TPSA) is 72.2 Å². The lowest BCUT2D eigenvalue weighted by atomic mass is 10.1. The van der Waals surface area contributed by atoms with Crippen LogP contribution in [0, 0.1) is 5.92 Å². The van der Waals surface area contributed by atoms with Gasteiger partial charge in [0.1, 0.15) is 6.17 Å². The summed E-state index contributed by atoms with van der Waals surface area (Å²) in [6.07, 6.45) is 0.473. The molecule has 0 aromatic heterocycles. The number of nitrogens with one attached hydrogen (secondary N) is 6. The largest absolute Gasteiger partial charge is 0.299 e. The van der Waals surface area contributed by atoms with Crippen molar-refractivity contribution in [2.24, 2.45) is 5.92 Å². The SMILES string of the molecule is CC1CNC(C2NNNN2)NC1. The molecule has 2 fully saturated rings. The Kier molecular flexibility index (Phi) is 2.54. The van der Waals surface area contributed by atoms with Crippen molar-refractivity contribution in [3.05, 3.63) is 0 Å². The minimum Gasteiger partial charge on any atom is -0.299 e. The molecule has 0 bridgehead atoms. The van der Waals surface area contributed by atoms with Gasteiger partial charge in [-0.3, -0.25) is 10.6 Å². The first-order chi connectivity index (χ1) is 5.86. The number of rotatable bonds is 1. The molecule has 6 N–H and O–H groups in total. The number of hydrogen-bond acceptors (Lipinski definition) is 6. The summed E-state index contributed by atoms with van der Waals surface area (Å²) in [4.78, 5) is 0. The lowest BCUT2D eigenvalue weighted by Gasteiger charge is -2.32. The average Bonchev–Trinajstić information content (AvgIpc) is 2.58. The van der Waals surface area contributed by atoms with Crippen LogP contribution in [0.3, 0.4) is 0 Å². The zero-order valence-electron chi connectivity index (χ0n) is 7.15. The van der Waals surface area contributed by atoms with E-state index in [9.17, 15) is 0 Å². The predicted octanol–water partition coefficient (Wildman–Crippen LogP) is -2.42. The van der Waals surface area contributed by atoms with E-state index >= 15 is 0 Å². The van der Waals surface area contributed by atoms with Gasteiger partial charge in [0.15, 0.2) is 0 Å². The van der Waals surface area contributed by atoms with Gasteiger partial charge in [-0.15, -0.1) is 0 Å². The molecule has 2 aliphatic heterocycles. The molecule has 0 spiro atoms. The first kappa shape index (κ1) is 8.36. The van der Waals surface area contributed by atoms with E-state index in [1.54, 1.807) is 0 Å². The third kappa shape index (κ3) is 1.74. The molecule has 0 amide bonds. The van der Waals surface area contributed by atoms with Crippen molar-refractivity contribution in [1.29, 1.82) is 0 Å². The molecule has 12 heavy (non-hydrogen) atoms. The van der Waals surface area contributed by atoms with E-state index in [1.165, 1.54) is 0 Å². The molecule has 0 atom stereocenters. The minimum absolute atomic E-state index is 0.192. The van der Waals surface area contributed by atoms with Gasteiger partial charge < -0.3 is 0 Å². The van der Waals surface area contributed by atoms with E-state index < -0.39 is 0 Å². The summed E-state index contributed by atoms with van der Waals surface area (Å²) in [5, 5.41) is 6.79. The van der Waals surface area contributed by atoms with Gasteiger partial charge in [0.2, 0.25) is 0 Å². The van der Waals surface area contributed by atoms with E-state index in [-0.39, 0.29) is 12.3 Å². The smallest absolute Gasteiger partial charge is 0.114 e. The number of hydrogen-bond donors (Lipinski definition) is 6. The van der Waals surface area contributed by atoms with Crippen LogP contribution in [0.15, 0.2) is 0 Å². The summed E-state index contributed by atoms with van der Waals surface area (Å²) in [6, 6.07) is 0. The first-order valence-corrected chi connectivity index (χ1v) is 4.34. The lowest BCUT2D eigenvalue weighted by Crippen LogP contribution is -2.63. The third-order valence-electron chi connectivity index (χ3n) is 2.22. The maximum atomic E-state index is 3.39. The Bertz CT molecular complexity index is 137. The Morgan fingerprint density at radius 1 is 0.917 bits per heavy atom. The third-order valence-corrected chi connectivity index (χ3v) is 2.22. The van der Waals surface area contributed by atoms with Gasteiger partial charge >= 0.3 is 0 Å². The van der Waals surface area contributed by atoms with Gasteiger partial charge in [-0.1, -0.05) is 6.92 Å². The molecule has 0 unspecified atom stereocenters. The van der Waals surface area contributed by atoms with E-state index in [4.69, 9.17) is 0 Å². The molecular weight excluding hydrogens is 156 g/mol. The van der Waals surface area contributed by atoms with Crippen molar-refractivity contribution in [2.75, 3.05) is 13.1 Å². The van der Waals surface area contributed by atoms with Gasteiger partial charge in [0.25, 0.3) is 0 Å². The first-order valence-electron chi connectivity index (χ1n) is 4.34. The lowest BCUT2D eigenvalue weighted by molar-refractivity contribution is 0.245. The predicted molar refractivity (Wildman–Crippen MR) is 45.3 cm³/mol. The average molecular weight is 172 g/mol. The molecular formula is C6H16N6. The molecule has 0 aliphatic carbocycles. The summed E-state index contributed by atoms with van der Waals surface area (Å²) < 4.78 is 0. The van der Waals surface area contributed by atoms with E-state index in [0.29, 0.717) is 5.92 Å². The molecule has 6 heteroatoms. The highest BCUT2D eigenvalue weighted by molar-refractivity contribution is 4.83. The second-order valence-corrected chi connectivity index (χ2v) is 3.42. The van der Waals surface area contributed by atoms with Crippen molar-refractivity contribution in [3.63, 3.8) is 0 Å². The van der Waals surface area contributed by atoms with Crippen molar-refractivity contribution < 1.29 is 0 Å². The van der Waals surface area contributed by atoms with Gasteiger partial charge in [-0.05, 0) is 5.92 Å². The summed E-state index contributed by atoms with van der Waals surface area (Å²) in [5.74, 6) is 0.712. The molecule has 0 aromatic carbocycles. The van der Waals surface area contributed by atoms with Crippen LogP contribution < -0.4 is 32.6 Å². The van der Waals surface area contributed by atoms with Gasteiger partial charge in [0, 0.05) is 13.1 Å². The van der Waals surface area contributed by atoms with Crippen LogP contribution >= 0.6 is 0 Å². The van der Waals surface area contributed by atoms with E-state index in [1.807, 2.05) is 0 Å². The zero-order valence-corrected chi connectivity index (χ0v) is 7.15. The molecule has 2 saturated heterocycles. The van der Waals surface area contributed by atoms with Crippen molar-refractivity contribution >= 4 is 0 Å². The van der Waals surface area contributed by atoms with Crippen LogP contribution in [-0.4, -0.2) is 25.4 Å². The Morgan fingerprint density at radius 3 is 2.08 bits per heavy atom. The van der Waals surface area contributed by atoms with Crippen LogP contribution in [0.2, 0.25) is 0 Å². The maximum Gasteiger partial charge on any atom is 0.114 e. The molecule has 2 aliphatic rings. The van der Waals surface area contributed by atoms with E-state index in [0.717, 1.165) is 13.1 Å². The van der Waals surface area contributed by atoms with Crippen LogP contribution in [-0.2, 0) is 0 Å². The van der Waals surface area contributed by atoms with Crippen LogP contribution in [0.25, 0.3) is 0 Å². The molecule has 70 valence electrons. The molecule has 0 aromatic rings. The second-order valence-electron chi connectivity index (χ2n) is 3.42. The summed E-state index contributed by atoms with van der Waals surface area (Å²) >= 11 is 0. The minimum atomic E-state index is 0.192. The Balaban J connectivity index is 1.80. The zero-order chi connectivity index (χ0) is 8.39. The number of hydrazine groups is 3. The quantitative estimate of drug-likeness (QED) is 0.265. The van der Waals surface area contributed by atoms with Crippen LogP contribution in [0.5, 0.6) is 0 Å². The van der Waals surface area contributed by atoms with Crippen LogP contribution in [0.1, 0.15) is 6.92 Å². The fraction of sp³-hybridized carbons (Fsp3) is 1.00. The van der Waals surface area contributed by atoms with Gasteiger partial charge in [-0.25, -0.2) is 10.9 Å². The van der Waals surface area contributed by atoms with Crippen LogP contribution in [0.4, 0.5) is 0 Å². The summed E-state index contributed by atoms with van der Waals surface area (Å²) in [5.41, 5.74) is 11.7. The Labute approximate surface area is 71.8 Å². The summed E-state index contributed by atoms with van der Waals surface area (Å²) in [7, 11) is 0. The molecule has 0 radical (unpaired) electrons. The van der Waals surface area contributed by atoms with Gasteiger partial charge in [-0.2, -0.15) is 11.1 Å². The highest BCUT2D eigenvalue weighted by Gasteiger charge is 2.26. The van der Waals surface area contributed by atoms with E-state index in [2.05, 4.69) is 39.5 Å². The monoisotopic (exact) mass is 172 g/mol. The molecule has 0 saturated carbocycles. The van der Waals surface area contributed by atoms with Crippen molar-refractivity contribution in [2.45, 2.75) is 19.3 Å². The highest BCUT2D eigenvalue weighted by Crippen LogP contribution is 1.99. The fourth-order valence-electron chi connectivity index (χ4n) is 1.47. The Morgan fingerprint density at radius 2 is 1.50 bits per heavy atom.